The fraction of sp³-hybridized carbons (Fsp3) is 0.714. The lowest BCUT2D eigenvalue weighted by Gasteiger charge is -2.31. The molecule has 1 N–H and O–H groups in total. The topological polar surface area (TPSA) is 65.8 Å². The summed E-state index contributed by atoms with van der Waals surface area (Å²) >= 11 is 0. The van der Waals surface area contributed by atoms with E-state index in [9.17, 15) is 13.5 Å². The highest BCUT2D eigenvalue weighted by molar-refractivity contribution is 7.89. The first kappa shape index (κ1) is 16.5. The number of rotatable bonds is 5. The largest absolute Gasteiger partial charge is 0.390 e. The number of likely N-dealkylation sites (tertiary alicyclic amines) is 1. The van der Waals surface area contributed by atoms with Crippen molar-refractivity contribution >= 4 is 10.0 Å². The maximum absolute atomic E-state index is 12.6. The van der Waals surface area contributed by atoms with Gasteiger partial charge in [0.05, 0.1) is 6.61 Å². The number of piperidine rings is 1. The predicted octanol–water partition coefficient (Wildman–Crippen LogP) is 0.480. The molecule has 1 saturated heterocycles. The number of hydrogen-bond acceptors (Lipinski definition) is 4. The maximum atomic E-state index is 12.6. The van der Waals surface area contributed by atoms with Gasteiger partial charge in [0.2, 0.25) is 10.0 Å². The Hall–Kier alpha value is -0.890. The highest BCUT2D eigenvalue weighted by Gasteiger charge is 2.26. The summed E-state index contributed by atoms with van der Waals surface area (Å²) in [6, 6.07) is 1.54. The predicted molar refractivity (Wildman–Crippen MR) is 81.4 cm³/mol. The number of aliphatic hydroxyl groups is 1. The van der Waals surface area contributed by atoms with Crippen LogP contribution in [0.3, 0.4) is 0 Å². The minimum atomic E-state index is -3.48. The summed E-state index contributed by atoms with van der Waals surface area (Å²) in [6.45, 7) is 2.45. The summed E-state index contributed by atoms with van der Waals surface area (Å²) < 4.78 is 28.2. The van der Waals surface area contributed by atoms with E-state index in [4.69, 9.17) is 0 Å². The minimum absolute atomic E-state index is 0.162. The zero-order valence-electron chi connectivity index (χ0n) is 13.0. The fourth-order valence-corrected chi connectivity index (χ4v) is 4.10. The van der Waals surface area contributed by atoms with Gasteiger partial charge in [-0.2, -0.15) is 0 Å². The lowest BCUT2D eigenvalue weighted by Crippen LogP contribution is -2.37. The van der Waals surface area contributed by atoms with E-state index in [1.54, 1.807) is 30.9 Å². The van der Waals surface area contributed by atoms with Gasteiger partial charge in [0.15, 0.2) is 0 Å². The van der Waals surface area contributed by atoms with E-state index in [-0.39, 0.29) is 11.5 Å². The third-order valence-corrected chi connectivity index (χ3v) is 6.10. The van der Waals surface area contributed by atoms with E-state index < -0.39 is 10.0 Å². The standard InChI is InChI=1S/C14H25N3O3S/c1-15-6-4-12(5-7-15)9-17(3)21(19,20)14-8-13(11-18)16(2)10-14/h8,10,12,18H,4-7,9,11H2,1-3H3. The van der Waals surface area contributed by atoms with Crippen LogP contribution in [0.1, 0.15) is 18.5 Å². The number of aryl methyl sites for hydroxylation is 1. The molecular weight excluding hydrogens is 290 g/mol. The van der Waals surface area contributed by atoms with Crippen molar-refractivity contribution in [2.45, 2.75) is 24.3 Å². The monoisotopic (exact) mass is 315 g/mol. The number of aliphatic hydroxyl groups excluding tert-OH is 1. The van der Waals surface area contributed by atoms with E-state index >= 15 is 0 Å². The first-order valence-electron chi connectivity index (χ1n) is 7.25. The number of sulfonamides is 1. The van der Waals surface area contributed by atoms with E-state index in [1.165, 1.54) is 4.31 Å². The van der Waals surface area contributed by atoms with Crippen molar-refractivity contribution in [2.75, 3.05) is 33.7 Å². The molecule has 0 spiro atoms. The molecule has 0 radical (unpaired) electrons. The van der Waals surface area contributed by atoms with Crippen LogP contribution in [0.2, 0.25) is 0 Å². The van der Waals surface area contributed by atoms with Crippen LogP contribution in [-0.2, 0) is 23.7 Å². The summed E-state index contributed by atoms with van der Waals surface area (Å²) in [5.74, 6) is 0.419. The second kappa shape index (κ2) is 6.48. The van der Waals surface area contributed by atoms with Gasteiger partial charge in [0.1, 0.15) is 4.90 Å². The summed E-state index contributed by atoms with van der Waals surface area (Å²) in [4.78, 5) is 2.53. The molecule has 0 bridgehead atoms. The van der Waals surface area contributed by atoms with Gasteiger partial charge in [0.25, 0.3) is 0 Å². The Morgan fingerprint density at radius 1 is 1.33 bits per heavy atom. The van der Waals surface area contributed by atoms with Crippen LogP contribution in [-0.4, -0.2) is 61.0 Å². The van der Waals surface area contributed by atoms with Crippen LogP contribution in [0.4, 0.5) is 0 Å². The number of hydrogen-bond donors (Lipinski definition) is 1. The van der Waals surface area contributed by atoms with Crippen LogP contribution in [0.15, 0.2) is 17.2 Å². The van der Waals surface area contributed by atoms with E-state index in [0.29, 0.717) is 18.2 Å². The Balaban J connectivity index is 2.07. The molecule has 120 valence electrons. The molecule has 0 aliphatic carbocycles. The maximum Gasteiger partial charge on any atom is 0.244 e. The molecule has 0 amide bonds. The van der Waals surface area contributed by atoms with Gasteiger partial charge < -0.3 is 14.6 Å². The molecule has 0 aromatic carbocycles. The first-order valence-corrected chi connectivity index (χ1v) is 8.69. The van der Waals surface area contributed by atoms with Gasteiger partial charge in [-0.05, 0) is 45.0 Å². The van der Waals surface area contributed by atoms with Gasteiger partial charge in [-0.15, -0.1) is 0 Å². The lowest BCUT2D eigenvalue weighted by molar-refractivity contribution is 0.202. The molecule has 1 aromatic heterocycles. The van der Waals surface area contributed by atoms with E-state index in [0.717, 1.165) is 25.9 Å². The lowest BCUT2D eigenvalue weighted by atomic mass is 9.97. The molecule has 0 saturated carbocycles. The van der Waals surface area contributed by atoms with Gasteiger partial charge >= 0.3 is 0 Å². The highest BCUT2D eigenvalue weighted by Crippen LogP contribution is 2.22. The molecule has 2 rings (SSSR count). The second-order valence-electron chi connectivity index (χ2n) is 5.97. The van der Waals surface area contributed by atoms with Gasteiger partial charge in [-0.3, -0.25) is 0 Å². The van der Waals surface area contributed by atoms with Crippen molar-refractivity contribution in [3.05, 3.63) is 18.0 Å². The van der Waals surface area contributed by atoms with Crippen molar-refractivity contribution in [3.8, 4) is 0 Å². The van der Waals surface area contributed by atoms with Crippen LogP contribution in [0.5, 0.6) is 0 Å². The Morgan fingerprint density at radius 2 is 1.95 bits per heavy atom. The molecular formula is C14H25N3O3S. The first-order chi connectivity index (χ1) is 9.84. The van der Waals surface area contributed by atoms with Crippen LogP contribution in [0, 0.1) is 5.92 Å². The van der Waals surface area contributed by atoms with Gasteiger partial charge in [-0.1, -0.05) is 0 Å². The highest BCUT2D eigenvalue weighted by atomic mass is 32.2. The second-order valence-corrected chi connectivity index (χ2v) is 8.01. The van der Waals surface area contributed by atoms with Crippen molar-refractivity contribution in [1.82, 2.24) is 13.8 Å². The Morgan fingerprint density at radius 3 is 2.48 bits per heavy atom. The molecule has 1 aliphatic heterocycles. The Labute approximate surface area is 127 Å². The SMILES string of the molecule is CN1CCC(CN(C)S(=O)(=O)c2cc(CO)n(C)c2)CC1. The Kier molecular flexibility index (Phi) is 5.08. The van der Waals surface area contributed by atoms with Crippen molar-refractivity contribution in [3.63, 3.8) is 0 Å². The summed E-state index contributed by atoms with van der Waals surface area (Å²) in [5, 5.41) is 9.19. The van der Waals surface area contributed by atoms with E-state index in [2.05, 4.69) is 11.9 Å². The Bertz CT molecular complexity index is 574. The molecule has 1 fully saturated rings. The summed E-state index contributed by atoms with van der Waals surface area (Å²) in [5.41, 5.74) is 0.598. The van der Waals surface area contributed by atoms with E-state index in [1.807, 2.05) is 0 Å². The number of nitrogens with zero attached hydrogens (tertiary/aromatic N) is 3. The molecule has 6 nitrogen and oxygen atoms in total. The van der Waals surface area contributed by atoms with Crippen molar-refractivity contribution in [2.24, 2.45) is 13.0 Å². The van der Waals surface area contributed by atoms with Gasteiger partial charge in [-0.25, -0.2) is 12.7 Å². The van der Waals surface area contributed by atoms with Crippen molar-refractivity contribution in [1.29, 1.82) is 0 Å². The molecule has 1 aromatic rings. The zero-order valence-corrected chi connectivity index (χ0v) is 13.8. The quantitative estimate of drug-likeness (QED) is 0.858. The average molecular weight is 315 g/mol. The number of aromatic nitrogens is 1. The van der Waals surface area contributed by atoms with Crippen LogP contribution >= 0.6 is 0 Å². The normalized spacial score (nSPS) is 18.5. The third kappa shape index (κ3) is 3.66. The molecule has 0 unspecified atom stereocenters. The molecule has 0 atom stereocenters. The van der Waals surface area contributed by atoms with Crippen LogP contribution < -0.4 is 0 Å². The molecule has 21 heavy (non-hydrogen) atoms. The smallest absolute Gasteiger partial charge is 0.244 e. The van der Waals surface area contributed by atoms with Crippen LogP contribution in [0.25, 0.3) is 0 Å². The molecule has 1 aliphatic rings. The summed E-state index contributed by atoms with van der Waals surface area (Å²) in [6.07, 6.45) is 3.63. The minimum Gasteiger partial charge on any atom is -0.390 e. The van der Waals surface area contributed by atoms with Gasteiger partial charge in [0, 0.05) is 32.5 Å². The zero-order chi connectivity index (χ0) is 15.6. The molecule has 2 heterocycles. The molecule has 7 heteroatoms. The van der Waals surface area contributed by atoms with Crippen molar-refractivity contribution < 1.29 is 13.5 Å². The average Bonchev–Trinajstić information content (AvgIpc) is 2.83. The fourth-order valence-electron chi connectivity index (χ4n) is 2.76. The summed E-state index contributed by atoms with van der Waals surface area (Å²) in [7, 11) is 1.99. The third-order valence-electron chi connectivity index (χ3n) is 4.31.